The van der Waals surface area contributed by atoms with E-state index in [1.165, 1.54) is 5.56 Å². The molecule has 5 heteroatoms. The van der Waals surface area contributed by atoms with E-state index in [1.54, 1.807) is 0 Å². The predicted molar refractivity (Wildman–Crippen MR) is 79.8 cm³/mol. The van der Waals surface area contributed by atoms with E-state index in [1.807, 2.05) is 12.1 Å². The summed E-state index contributed by atoms with van der Waals surface area (Å²) in [7, 11) is 0. The summed E-state index contributed by atoms with van der Waals surface area (Å²) in [6, 6.07) is 10.3. The van der Waals surface area contributed by atoms with Crippen LogP contribution in [0, 0.1) is 17.5 Å². The molecule has 0 aromatic heterocycles. The Balaban J connectivity index is 1.62. The third-order valence-corrected chi connectivity index (χ3v) is 4.31. The lowest BCUT2D eigenvalue weighted by Gasteiger charge is -2.37. The minimum Gasteiger partial charge on any atom is -0.382 e. The first-order chi connectivity index (χ1) is 10.0. The van der Waals surface area contributed by atoms with Crippen molar-refractivity contribution in [1.29, 1.82) is 0 Å². The smallest absolute Gasteiger partial charge is 0.194 e. The van der Waals surface area contributed by atoms with E-state index in [0.717, 1.165) is 29.4 Å². The van der Waals surface area contributed by atoms with Crippen molar-refractivity contribution in [3.63, 3.8) is 0 Å². The molecule has 0 unspecified atom stereocenters. The molecule has 0 heterocycles. The van der Waals surface area contributed by atoms with Crippen LogP contribution < -0.4 is 5.32 Å². The second kappa shape index (κ2) is 5.72. The van der Waals surface area contributed by atoms with Crippen molar-refractivity contribution in [2.75, 3.05) is 5.32 Å². The van der Waals surface area contributed by atoms with Crippen LogP contribution in [0.3, 0.4) is 0 Å². The first kappa shape index (κ1) is 14.4. The van der Waals surface area contributed by atoms with Gasteiger partial charge in [-0.2, -0.15) is 0 Å². The van der Waals surface area contributed by atoms with Gasteiger partial charge in [-0.25, -0.2) is 13.2 Å². The van der Waals surface area contributed by atoms with Crippen LogP contribution in [0.4, 0.5) is 18.9 Å². The van der Waals surface area contributed by atoms with E-state index in [2.05, 4.69) is 33.4 Å². The molecule has 1 aliphatic rings. The summed E-state index contributed by atoms with van der Waals surface area (Å²) in [5, 5.41) is 3.04. The number of hydrogen-bond acceptors (Lipinski definition) is 1. The Labute approximate surface area is 129 Å². The Morgan fingerprint density at radius 3 is 2.29 bits per heavy atom. The van der Waals surface area contributed by atoms with Gasteiger partial charge in [0, 0.05) is 28.3 Å². The second-order valence-electron chi connectivity index (χ2n) is 5.32. The molecule has 1 nitrogen and oxygen atoms in total. The van der Waals surface area contributed by atoms with Crippen molar-refractivity contribution < 1.29 is 13.2 Å². The SMILES string of the molecule is Fc1cc(NC2CC(c3cccc(Br)c3)C2)cc(F)c1F. The van der Waals surface area contributed by atoms with E-state index < -0.39 is 17.5 Å². The number of anilines is 1. The van der Waals surface area contributed by atoms with Gasteiger partial charge in [0.25, 0.3) is 0 Å². The second-order valence-corrected chi connectivity index (χ2v) is 6.23. The lowest BCUT2D eigenvalue weighted by atomic mass is 9.76. The Morgan fingerprint density at radius 2 is 1.67 bits per heavy atom. The molecule has 21 heavy (non-hydrogen) atoms. The summed E-state index contributed by atoms with van der Waals surface area (Å²) in [4.78, 5) is 0. The van der Waals surface area contributed by atoms with E-state index in [-0.39, 0.29) is 11.7 Å². The van der Waals surface area contributed by atoms with Gasteiger partial charge in [-0.15, -0.1) is 0 Å². The van der Waals surface area contributed by atoms with Crippen molar-refractivity contribution in [1.82, 2.24) is 0 Å². The fraction of sp³-hybridized carbons (Fsp3) is 0.250. The monoisotopic (exact) mass is 355 g/mol. The highest BCUT2D eigenvalue weighted by molar-refractivity contribution is 9.10. The highest BCUT2D eigenvalue weighted by atomic mass is 79.9. The van der Waals surface area contributed by atoms with Gasteiger partial charge in [-0.3, -0.25) is 0 Å². The zero-order valence-electron chi connectivity index (χ0n) is 11.0. The van der Waals surface area contributed by atoms with Gasteiger partial charge in [0.1, 0.15) is 0 Å². The summed E-state index contributed by atoms with van der Waals surface area (Å²) < 4.78 is 40.2. The third-order valence-electron chi connectivity index (χ3n) is 3.81. The van der Waals surface area contributed by atoms with Crippen LogP contribution in [0.1, 0.15) is 24.3 Å². The molecule has 2 aromatic carbocycles. The van der Waals surface area contributed by atoms with Crippen LogP contribution in [0.25, 0.3) is 0 Å². The van der Waals surface area contributed by atoms with Crippen LogP contribution in [-0.4, -0.2) is 6.04 Å². The molecule has 1 saturated carbocycles. The van der Waals surface area contributed by atoms with Crippen molar-refractivity contribution in [2.45, 2.75) is 24.8 Å². The average molecular weight is 356 g/mol. The number of nitrogens with one attached hydrogen (secondary N) is 1. The summed E-state index contributed by atoms with van der Waals surface area (Å²) in [6.07, 6.45) is 1.77. The van der Waals surface area contributed by atoms with Gasteiger partial charge in [0.15, 0.2) is 17.5 Å². The van der Waals surface area contributed by atoms with Crippen molar-refractivity contribution in [2.24, 2.45) is 0 Å². The highest BCUT2D eigenvalue weighted by Crippen LogP contribution is 2.39. The van der Waals surface area contributed by atoms with Gasteiger partial charge in [0.2, 0.25) is 0 Å². The molecule has 0 bridgehead atoms. The van der Waals surface area contributed by atoms with Crippen molar-refractivity contribution >= 4 is 21.6 Å². The summed E-state index contributed by atoms with van der Waals surface area (Å²) in [5.41, 5.74) is 1.53. The molecule has 1 aliphatic carbocycles. The number of benzene rings is 2. The molecule has 1 fully saturated rings. The highest BCUT2D eigenvalue weighted by Gasteiger charge is 2.30. The standard InChI is InChI=1S/C16H13BrF3N/c17-11-3-1-2-9(4-11)10-5-12(6-10)21-13-7-14(18)16(20)15(19)8-13/h1-4,7-8,10,12,21H,5-6H2. The Bertz CT molecular complexity index is 645. The topological polar surface area (TPSA) is 12.0 Å². The lowest BCUT2D eigenvalue weighted by molar-refractivity contribution is 0.373. The van der Waals surface area contributed by atoms with Crippen molar-refractivity contribution in [3.05, 3.63) is 63.9 Å². The largest absolute Gasteiger partial charge is 0.382 e. The number of rotatable bonds is 3. The normalized spacial score (nSPS) is 21.0. The van der Waals surface area contributed by atoms with Gasteiger partial charge >= 0.3 is 0 Å². The average Bonchev–Trinajstić information content (AvgIpc) is 2.39. The molecule has 0 atom stereocenters. The molecular formula is C16H13BrF3N. The summed E-state index contributed by atoms with van der Waals surface area (Å²) in [6.45, 7) is 0. The molecular weight excluding hydrogens is 343 g/mol. The first-order valence-electron chi connectivity index (χ1n) is 6.69. The van der Waals surface area contributed by atoms with E-state index in [4.69, 9.17) is 0 Å². The number of hydrogen-bond donors (Lipinski definition) is 1. The van der Waals surface area contributed by atoms with Gasteiger partial charge in [-0.05, 0) is 36.5 Å². The van der Waals surface area contributed by atoms with Gasteiger partial charge < -0.3 is 5.32 Å². The maximum absolute atomic E-state index is 13.1. The third kappa shape index (κ3) is 3.07. The fourth-order valence-corrected chi connectivity index (χ4v) is 3.06. The Morgan fingerprint density at radius 1 is 1.00 bits per heavy atom. The lowest BCUT2D eigenvalue weighted by Crippen LogP contribution is -2.34. The van der Waals surface area contributed by atoms with Gasteiger partial charge in [-0.1, -0.05) is 28.1 Å². The van der Waals surface area contributed by atoms with Crippen molar-refractivity contribution in [3.8, 4) is 0 Å². The predicted octanol–water partition coefficient (Wildman–Crippen LogP) is 5.22. The van der Waals surface area contributed by atoms with E-state index in [9.17, 15) is 13.2 Å². The zero-order valence-corrected chi connectivity index (χ0v) is 12.6. The van der Waals surface area contributed by atoms with E-state index in [0.29, 0.717) is 5.92 Å². The molecule has 0 amide bonds. The van der Waals surface area contributed by atoms with Crippen LogP contribution in [-0.2, 0) is 0 Å². The number of halogens is 4. The minimum absolute atomic E-state index is 0.151. The van der Waals surface area contributed by atoms with Crippen LogP contribution >= 0.6 is 15.9 Å². The Hall–Kier alpha value is -1.49. The van der Waals surface area contributed by atoms with E-state index >= 15 is 0 Å². The maximum atomic E-state index is 13.1. The summed E-state index contributed by atoms with van der Waals surface area (Å²) >= 11 is 3.44. The minimum atomic E-state index is -1.43. The molecule has 0 aliphatic heterocycles. The molecule has 110 valence electrons. The van der Waals surface area contributed by atoms with Crippen LogP contribution in [0.5, 0.6) is 0 Å². The maximum Gasteiger partial charge on any atom is 0.194 e. The van der Waals surface area contributed by atoms with Crippen LogP contribution in [0.15, 0.2) is 40.9 Å². The first-order valence-corrected chi connectivity index (χ1v) is 7.49. The molecule has 1 N–H and O–H groups in total. The molecule has 2 aromatic rings. The Kier molecular flexibility index (Phi) is 3.93. The molecule has 0 spiro atoms. The molecule has 0 saturated heterocycles. The molecule has 0 radical (unpaired) electrons. The van der Waals surface area contributed by atoms with Crippen LogP contribution in [0.2, 0.25) is 0 Å². The zero-order chi connectivity index (χ0) is 15.0. The fourth-order valence-electron chi connectivity index (χ4n) is 2.64. The quantitative estimate of drug-likeness (QED) is 0.743. The van der Waals surface area contributed by atoms with Gasteiger partial charge in [0.05, 0.1) is 0 Å². The molecule has 3 rings (SSSR count). The summed E-state index contributed by atoms with van der Waals surface area (Å²) in [5.74, 6) is -3.32.